The maximum atomic E-state index is 13.1. The molecule has 1 aromatic carbocycles. The van der Waals surface area contributed by atoms with E-state index >= 15 is 0 Å². The molecule has 0 spiro atoms. The number of fused-ring (bicyclic) bond motifs is 1. The van der Waals surface area contributed by atoms with Crippen LogP contribution in [0.5, 0.6) is 0 Å². The van der Waals surface area contributed by atoms with Crippen molar-refractivity contribution in [1.29, 1.82) is 0 Å². The number of carbonyl (C=O) groups excluding carboxylic acids is 5. The molecular weight excluding hydrogens is 558 g/mol. The topological polar surface area (TPSA) is 159 Å². The summed E-state index contributed by atoms with van der Waals surface area (Å²) in [6.07, 6.45) is -1.57. The SMILES string of the molecule is CC(=O)OC[C@H]1O[C@@H](SC2=N/C(=C/C3C=Nc4ccccc43)C(=O)N2C)[C@H](OC(C)=O)[C@@H](OC(C)=O)[C@@H]1OC(C)=O. The molecule has 1 amide bonds. The number of rotatable bonds is 7. The van der Waals surface area contributed by atoms with Crippen molar-refractivity contribution in [3.8, 4) is 0 Å². The van der Waals surface area contributed by atoms with Crippen molar-refractivity contribution in [2.75, 3.05) is 13.7 Å². The molecule has 218 valence electrons. The molecule has 0 aromatic heterocycles. The molecule has 6 atom stereocenters. The quantitative estimate of drug-likeness (QED) is 0.261. The maximum Gasteiger partial charge on any atom is 0.303 e. The molecule has 1 saturated heterocycles. The first kappa shape index (κ1) is 29.9. The number of thioether (sulfide) groups is 1. The van der Waals surface area contributed by atoms with Gasteiger partial charge in [-0.15, -0.1) is 0 Å². The lowest BCUT2D eigenvalue weighted by Gasteiger charge is -2.44. The second kappa shape index (κ2) is 12.6. The standard InChI is InChI=1S/C27H29N3O10S/c1-13(31)36-12-21-22(37-14(2)32)23(38-15(3)33)24(39-16(4)34)26(40-21)41-27-29-20(25(35)30(27)5)10-17-11-28-19-9-7-6-8-18(17)19/h6-11,17,21-24,26H,12H2,1-5H3/b20-10+/t17?,21-,22-,23+,24-,26+/m1/s1. The predicted octanol–water partition coefficient (Wildman–Crippen LogP) is 2.01. The third-order valence-electron chi connectivity index (χ3n) is 6.20. The summed E-state index contributed by atoms with van der Waals surface area (Å²) in [5.41, 5.74) is 0.807. The Kier molecular flexibility index (Phi) is 9.23. The van der Waals surface area contributed by atoms with Gasteiger partial charge >= 0.3 is 23.9 Å². The third kappa shape index (κ3) is 7.00. The number of benzene rings is 1. The summed E-state index contributed by atoms with van der Waals surface area (Å²) in [5.74, 6) is -3.45. The van der Waals surface area contributed by atoms with E-state index in [1.54, 1.807) is 12.3 Å². The van der Waals surface area contributed by atoms with E-state index in [1.807, 2.05) is 24.3 Å². The number of allylic oxidation sites excluding steroid dienone is 1. The molecule has 3 aliphatic rings. The normalized spacial score (nSPS) is 27.7. The molecule has 13 nitrogen and oxygen atoms in total. The zero-order valence-corrected chi connectivity index (χ0v) is 23.8. The number of hydrogen-bond donors (Lipinski definition) is 0. The molecule has 1 fully saturated rings. The van der Waals surface area contributed by atoms with Gasteiger partial charge in [-0.2, -0.15) is 0 Å². The van der Waals surface area contributed by atoms with Crippen LogP contribution in [0.1, 0.15) is 39.2 Å². The van der Waals surface area contributed by atoms with Crippen LogP contribution in [0.3, 0.4) is 0 Å². The van der Waals surface area contributed by atoms with E-state index in [9.17, 15) is 24.0 Å². The van der Waals surface area contributed by atoms with Crippen LogP contribution in [0.15, 0.2) is 46.0 Å². The Balaban J connectivity index is 1.66. The fourth-order valence-electron chi connectivity index (χ4n) is 4.52. The summed E-state index contributed by atoms with van der Waals surface area (Å²) in [5, 5.41) is 0.213. The molecular formula is C27H29N3O10S. The minimum absolute atomic E-state index is 0.175. The molecule has 0 bridgehead atoms. The van der Waals surface area contributed by atoms with Gasteiger partial charge in [-0.25, -0.2) is 4.99 Å². The van der Waals surface area contributed by atoms with E-state index in [0.717, 1.165) is 43.8 Å². The average Bonchev–Trinajstić information content (AvgIpc) is 3.42. The first-order chi connectivity index (χ1) is 19.4. The first-order valence-corrected chi connectivity index (χ1v) is 13.5. The lowest BCUT2D eigenvalue weighted by atomic mass is 9.99. The van der Waals surface area contributed by atoms with Gasteiger partial charge in [-0.1, -0.05) is 30.0 Å². The molecule has 1 unspecified atom stereocenters. The number of carbonyl (C=O) groups is 5. The van der Waals surface area contributed by atoms with E-state index in [1.165, 1.54) is 18.9 Å². The number of para-hydroxylation sites is 1. The number of aliphatic imine (C=N–C) groups is 2. The minimum Gasteiger partial charge on any atom is -0.463 e. The highest BCUT2D eigenvalue weighted by atomic mass is 32.2. The van der Waals surface area contributed by atoms with Crippen LogP contribution in [0.25, 0.3) is 0 Å². The maximum absolute atomic E-state index is 13.1. The number of esters is 4. The van der Waals surface area contributed by atoms with Crippen LogP contribution in [-0.4, -0.2) is 89.6 Å². The van der Waals surface area contributed by atoms with Gasteiger partial charge in [0.1, 0.15) is 18.4 Å². The molecule has 41 heavy (non-hydrogen) atoms. The third-order valence-corrected chi connectivity index (χ3v) is 7.39. The lowest BCUT2D eigenvalue weighted by Crippen LogP contribution is -2.61. The first-order valence-electron chi connectivity index (χ1n) is 12.6. The Morgan fingerprint density at radius 2 is 1.59 bits per heavy atom. The number of nitrogens with zero attached hydrogens (tertiary/aromatic N) is 3. The van der Waals surface area contributed by atoms with E-state index in [2.05, 4.69) is 9.98 Å². The monoisotopic (exact) mass is 587 g/mol. The van der Waals surface area contributed by atoms with E-state index < -0.39 is 53.7 Å². The highest BCUT2D eigenvalue weighted by Gasteiger charge is 2.53. The molecule has 14 heteroatoms. The lowest BCUT2D eigenvalue weighted by molar-refractivity contribution is -0.237. The van der Waals surface area contributed by atoms with Gasteiger partial charge in [0.25, 0.3) is 5.91 Å². The summed E-state index contributed by atoms with van der Waals surface area (Å²) in [6.45, 7) is 4.27. The van der Waals surface area contributed by atoms with Crippen LogP contribution in [0.2, 0.25) is 0 Å². The van der Waals surface area contributed by atoms with Gasteiger partial charge < -0.3 is 23.7 Å². The van der Waals surface area contributed by atoms with Crippen LogP contribution in [-0.2, 0) is 47.7 Å². The van der Waals surface area contributed by atoms with Crippen molar-refractivity contribution in [2.24, 2.45) is 9.98 Å². The average molecular weight is 588 g/mol. The zero-order valence-electron chi connectivity index (χ0n) is 23.0. The number of hydrogen-bond acceptors (Lipinski definition) is 13. The summed E-state index contributed by atoms with van der Waals surface area (Å²) in [4.78, 5) is 71.0. The van der Waals surface area contributed by atoms with Crippen LogP contribution in [0.4, 0.5) is 5.69 Å². The van der Waals surface area contributed by atoms with Gasteiger partial charge in [-0.05, 0) is 17.7 Å². The van der Waals surface area contributed by atoms with Gasteiger partial charge in [0, 0.05) is 46.9 Å². The predicted molar refractivity (Wildman–Crippen MR) is 145 cm³/mol. The number of ether oxygens (including phenoxy) is 5. The molecule has 4 rings (SSSR count). The Morgan fingerprint density at radius 1 is 0.951 bits per heavy atom. The fourth-order valence-corrected chi connectivity index (χ4v) is 5.66. The molecule has 0 N–H and O–H groups in total. The Labute approximate surface area is 239 Å². The fraction of sp³-hybridized carbons (Fsp3) is 0.444. The Hall–Kier alpha value is -4.04. The summed E-state index contributed by atoms with van der Waals surface area (Å²) >= 11 is 0.936. The van der Waals surface area contributed by atoms with Crippen LogP contribution in [0, 0.1) is 0 Å². The highest BCUT2D eigenvalue weighted by molar-refractivity contribution is 8.14. The van der Waals surface area contributed by atoms with Crippen LogP contribution < -0.4 is 0 Å². The number of likely N-dealkylation sites (N-methyl/N-ethyl adjacent to an activating group) is 1. The van der Waals surface area contributed by atoms with Crippen molar-refractivity contribution in [3.63, 3.8) is 0 Å². The van der Waals surface area contributed by atoms with Crippen molar-refractivity contribution >= 4 is 58.6 Å². The molecule has 0 saturated carbocycles. The van der Waals surface area contributed by atoms with Crippen molar-refractivity contribution in [1.82, 2.24) is 4.90 Å². The molecule has 3 aliphatic heterocycles. The minimum atomic E-state index is -1.32. The van der Waals surface area contributed by atoms with Crippen molar-refractivity contribution in [3.05, 3.63) is 41.6 Å². The van der Waals surface area contributed by atoms with Gasteiger partial charge in [0.05, 0.1) is 5.69 Å². The summed E-state index contributed by atoms with van der Waals surface area (Å²) < 4.78 is 27.6. The molecule has 0 radical (unpaired) electrons. The van der Waals surface area contributed by atoms with Gasteiger partial charge in [0.15, 0.2) is 28.9 Å². The second-order valence-electron chi connectivity index (χ2n) is 9.36. The van der Waals surface area contributed by atoms with E-state index in [-0.39, 0.29) is 29.3 Å². The van der Waals surface area contributed by atoms with Crippen LogP contribution >= 0.6 is 11.8 Å². The molecule has 0 aliphatic carbocycles. The van der Waals surface area contributed by atoms with Gasteiger partial charge in [0.2, 0.25) is 0 Å². The number of amides is 1. The van der Waals surface area contributed by atoms with E-state index in [0.29, 0.717) is 0 Å². The van der Waals surface area contributed by atoms with Crippen molar-refractivity contribution < 1.29 is 47.7 Å². The summed E-state index contributed by atoms with van der Waals surface area (Å²) in [6, 6.07) is 7.56. The van der Waals surface area contributed by atoms with E-state index in [4.69, 9.17) is 23.7 Å². The number of amidine groups is 1. The highest BCUT2D eigenvalue weighted by Crippen LogP contribution is 2.38. The molecule has 1 aromatic rings. The largest absolute Gasteiger partial charge is 0.463 e. The Morgan fingerprint density at radius 3 is 2.24 bits per heavy atom. The van der Waals surface area contributed by atoms with Gasteiger partial charge in [-0.3, -0.25) is 33.9 Å². The second-order valence-corrected chi connectivity index (χ2v) is 10.4. The summed E-state index contributed by atoms with van der Waals surface area (Å²) in [7, 11) is 1.52. The van der Waals surface area contributed by atoms with Crippen molar-refractivity contribution in [2.45, 2.75) is 63.5 Å². The zero-order chi connectivity index (χ0) is 29.8. The molecule has 3 heterocycles. The smallest absolute Gasteiger partial charge is 0.303 e. The Bertz CT molecular complexity index is 1340.